The van der Waals surface area contributed by atoms with Crippen molar-refractivity contribution >= 4 is 11.6 Å². The Morgan fingerprint density at radius 2 is 1.62 bits per heavy atom. The van der Waals surface area contributed by atoms with E-state index in [1.807, 2.05) is 27.7 Å². The highest BCUT2D eigenvalue weighted by Gasteiger charge is 2.22. The number of rotatable bonds is 6. The minimum atomic E-state index is -0.532. The summed E-state index contributed by atoms with van der Waals surface area (Å²) < 4.78 is 0. The normalized spacial score (nSPS) is 18.7. The topological polar surface area (TPSA) is 24.7 Å². The fourth-order valence-electron chi connectivity index (χ4n) is 1.45. The van der Waals surface area contributed by atoms with Crippen molar-refractivity contribution in [2.75, 3.05) is 0 Å². The fourth-order valence-corrected chi connectivity index (χ4v) is 1.60. The molecule has 0 rings (SSSR count). The van der Waals surface area contributed by atoms with E-state index in [2.05, 4.69) is 24.1 Å². The van der Waals surface area contributed by atoms with Gasteiger partial charge >= 0.3 is 0 Å². The third-order valence-electron chi connectivity index (χ3n) is 2.43. The summed E-state index contributed by atoms with van der Waals surface area (Å²) in [5, 5.41) is 8.50. The van der Waals surface area contributed by atoms with Crippen LogP contribution in [0.25, 0.3) is 0 Å². The van der Waals surface area contributed by atoms with Crippen LogP contribution < -0.4 is 0 Å². The maximum atomic E-state index is 6.33. The van der Waals surface area contributed by atoms with E-state index in [0.717, 1.165) is 18.8 Å². The van der Waals surface area contributed by atoms with Gasteiger partial charge in [-0.15, -0.1) is 0 Å². The predicted molar refractivity (Wildman–Crippen MR) is 72.2 cm³/mol. The number of hydrogen-bond acceptors (Lipinski definition) is 2. The van der Waals surface area contributed by atoms with E-state index in [1.165, 1.54) is 12.8 Å². The maximum absolute atomic E-state index is 6.33. The molecule has 0 aliphatic rings. The van der Waals surface area contributed by atoms with Crippen molar-refractivity contribution in [2.24, 2.45) is 16.1 Å². The van der Waals surface area contributed by atoms with Crippen molar-refractivity contribution in [2.45, 2.75) is 77.8 Å². The zero-order chi connectivity index (χ0) is 12.8. The standard InChI is InChI=1S/C13H27ClN2/c1-7-8-11(2)9-10-13(6,14)16-15-12(3,4)5/h11H,7-10H2,1-6H3. The summed E-state index contributed by atoms with van der Waals surface area (Å²) in [6.45, 7) is 12.5. The zero-order valence-corrected chi connectivity index (χ0v) is 12.4. The number of halogens is 1. The average Bonchev–Trinajstić information content (AvgIpc) is 2.12. The molecule has 0 amide bonds. The van der Waals surface area contributed by atoms with Crippen molar-refractivity contribution < 1.29 is 0 Å². The molecule has 0 bridgehead atoms. The van der Waals surface area contributed by atoms with Gasteiger partial charge in [0.1, 0.15) is 0 Å². The molecule has 0 heterocycles. The molecule has 0 fully saturated rings. The van der Waals surface area contributed by atoms with E-state index in [1.54, 1.807) is 0 Å². The molecule has 0 spiro atoms. The van der Waals surface area contributed by atoms with Crippen LogP contribution in [0.15, 0.2) is 10.2 Å². The molecule has 0 aliphatic heterocycles. The first kappa shape index (κ1) is 15.9. The molecule has 0 saturated heterocycles. The second-order valence-corrected chi connectivity index (χ2v) is 6.76. The van der Waals surface area contributed by atoms with Gasteiger partial charge in [0.05, 0.1) is 5.54 Å². The molecule has 16 heavy (non-hydrogen) atoms. The van der Waals surface area contributed by atoms with Crippen LogP contribution in [0, 0.1) is 5.92 Å². The van der Waals surface area contributed by atoms with Crippen molar-refractivity contribution in [3.05, 3.63) is 0 Å². The van der Waals surface area contributed by atoms with Crippen LogP contribution in [0.1, 0.15) is 67.2 Å². The van der Waals surface area contributed by atoms with Crippen LogP contribution in [-0.4, -0.2) is 10.5 Å². The molecule has 0 aromatic heterocycles. The average molecular weight is 247 g/mol. The Morgan fingerprint density at radius 3 is 2.06 bits per heavy atom. The van der Waals surface area contributed by atoms with E-state index < -0.39 is 5.00 Å². The predicted octanol–water partition coefficient (Wildman–Crippen LogP) is 5.41. The van der Waals surface area contributed by atoms with Gasteiger partial charge in [-0.2, -0.15) is 10.2 Å². The highest BCUT2D eigenvalue weighted by atomic mass is 35.5. The molecule has 2 atom stereocenters. The first-order valence-electron chi connectivity index (χ1n) is 6.29. The van der Waals surface area contributed by atoms with Crippen molar-refractivity contribution in [1.82, 2.24) is 0 Å². The number of nitrogens with zero attached hydrogens (tertiary/aromatic N) is 2. The Balaban J connectivity index is 4.10. The summed E-state index contributed by atoms with van der Waals surface area (Å²) >= 11 is 6.33. The second-order valence-electron chi connectivity index (χ2n) is 5.95. The minimum Gasteiger partial charge on any atom is -0.187 e. The molecule has 0 aromatic carbocycles. The van der Waals surface area contributed by atoms with Crippen LogP contribution in [0.4, 0.5) is 0 Å². The van der Waals surface area contributed by atoms with Crippen LogP contribution >= 0.6 is 11.6 Å². The number of alkyl halides is 1. The molecule has 0 aromatic rings. The monoisotopic (exact) mass is 246 g/mol. The molecule has 2 unspecified atom stereocenters. The zero-order valence-electron chi connectivity index (χ0n) is 11.7. The Morgan fingerprint density at radius 1 is 1.06 bits per heavy atom. The Kier molecular flexibility index (Phi) is 6.54. The minimum absolute atomic E-state index is 0.134. The van der Waals surface area contributed by atoms with Crippen LogP contribution in [0.5, 0.6) is 0 Å². The van der Waals surface area contributed by atoms with Gasteiger partial charge in [0, 0.05) is 0 Å². The largest absolute Gasteiger partial charge is 0.187 e. The van der Waals surface area contributed by atoms with E-state index in [4.69, 9.17) is 11.6 Å². The van der Waals surface area contributed by atoms with Gasteiger partial charge in [0.25, 0.3) is 0 Å². The summed E-state index contributed by atoms with van der Waals surface area (Å²) in [5.41, 5.74) is -0.134. The molecule has 96 valence electrons. The summed E-state index contributed by atoms with van der Waals surface area (Å²) in [6.07, 6.45) is 4.53. The van der Waals surface area contributed by atoms with Gasteiger partial charge in [-0.3, -0.25) is 0 Å². The number of azo groups is 1. The molecule has 0 aliphatic carbocycles. The molecule has 0 radical (unpaired) electrons. The third kappa shape index (κ3) is 9.14. The van der Waals surface area contributed by atoms with E-state index in [9.17, 15) is 0 Å². The quantitative estimate of drug-likeness (QED) is 0.340. The molecule has 3 heteroatoms. The summed E-state index contributed by atoms with van der Waals surface area (Å²) in [6, 6.07) is 0. The fraction of sp³-hybridized carbons (Fsp3) is 1.00. The van der Waals surface area contributed by atoms with Crippen LogP contribution in [-0.2, 0) is 0 Å². The van der Waals surface area contributed by atoms with Gasteiger partial charge in [-0.25, -0.2) is 0 Å². The van der Waals surface area contributed by atoms with E-state index in [-0.39, 0.29) is 5.54 Å². The lowest BCUT2D eigenvalue weighted by molar-refractivity contribution is 0.411. The van der Waals surface area contributed by atoms with Gasteiger partial charge < -0.3 is 0 Å². The molecule has 0 N–H and O–H groups in total. The molecular weight excluding hydrogens is 220 g/mol. The van der Waals surface area contributed by atoms with Crippen molar-refractivity contribution in [3.8, 4) is 0 Å². The number of hydrogen-bond donors (Lipinski definition) is 0. The van der Waals surface area contributed by atoms with Gasteiger partial charge in [-0.1, -0.05) is 38.3 Å². The van der Waals surface area contributed by atoms with E-state index >= 15 is 0 Å². The van der Waals surface area contributed by atoms with Gasteiger partial charge in [-0.05, 0) is 46.5 Å². The van der Waals surface area contributed by atoms with Gasteiger partial charge in [0.15, 0.2) is 5.00 Å². The maximum Gasteiger partial charge on any atom is 0.151 e. The third-order valence-corrected chi connectivity index (χ3v) is 2.70. The Hall–Kier alpha value is -0.110. The lowest BCUT2D eigenvalue weighted by Crippen LogP contribution is -2.17. The highest BCUT2D eigenvalue weighted by Crippen LogP contribution is 2.28. The summed E-state index contributed by atoms with van der Waals surface area (Å²) in [4.78, 5) is -0.532. The first-order chi connectivity index (χ1) is 7.16. The lowest BCUT2D eigenvalue weighted by atomic mass is 9.98. The van der Waals surface area contributed by atoms with Crippen LogP contribution in [0.2, 0.25) is 0 Å². The second kappa shape index (κ2) is 6.58. The highest BCUT2D eigenvalue weighted by molar-refractivity contribution is 6.23. The molecule has 2 nitrogen and oxygen atoms in total. The SMILES string of the molecule is CCCC(C)CCC(C)(Cl)N=NC(C)(C)C. The summed E-state index contributed by atoms with van der Waals surface area (Å²) in [5.74, 6) is 0.730. The molecular formula is C13H27ClN2. The molecule has 0 saturated carbocycles. The summed E-state index contributed by atoms with van der Waals surface area (Å²) in [7, 11) is 0. The van der Waals surface area contributed by atoms with Gasteiger partial charge in [0.2, 0.25) is 0 Å². The Bertz CT molecular complexity index is 216. The van der Waals surface area contributed by atoms with E-state index in [0.29, 0.717) is 0 Å². The Labute approximate surface area is 106 Å². The first-order valence-corrected chi connectivity index (χ1v) is 6.67. The lowest BCUT2D eigenvalue weighted by Gasteiger charge is -2.20. The van der Waals surface area contributed by atoms with Crippen LogP contribution in [0.3, 0.4) is 0 Å². The smallest absolute Gasteiger partial charge is 0.151 e. The van der Waals surface area contributed by atoms with Crippen molar-refractivity contribution in [3.63, 3.8) is 0 Å². The van der Waals surface area contributed by atoms with Crippen molar-refractivity contribution in [1.29, 1.82) is 0 Å².